The van der Waals surface area contributed by atoms with Crippen molar-refractivity contribution in [2.45, 2.75) is 69.9 Å². The van der Waals surface area contributed by atoms with Crippen molar-refractivity contribution < 1.29 is 0 Å². The minimum Gasteiger partial charge on any atom is -0.328 e. The molecule has 0 spiro atoms. The highest BCUT2D eigenvalue weighted by molar-refractivity contribution is 4.84. The maximum atomic E-state index is 6.12. The molecule has 2 aliphatic heterocycles. The molecule has 3 aliphatic rings. The van der Waals surface area contributed by atoms with Crippen LogP contribution in [0.3, 0.4) is 0 Å². The first-order valence-electron chi connectivity index (χ1n) is 9.03. The minimum absolute atomic E-state index is 0.486. The van der Waals surface area contributed by atoms with Crippen molar-refractivity contribution in [3.8, 4) is 0 Å². The van der Waals surface area contributed by atoms with Crippen molar-refractivity contribution in [1.29, 1.82) is 0 Å². The molecule has 0 radical (unpaired) electrons. The Morgan fingerprint density at radius 1 is 0.800 bits per heavy atom. The third-order valence-electron chi connectivity index (χ3n) is 5.80. The summed E-state index contributed by atoms with van der Waals surface area (Å²) in [7, 11) is 0. The lowest BCUT2D eigenvalue weighted by molar-refractivity contribution is 0.0805. The van der Waals surface area contributed by atoms with Gasteiger partial charge in [-0.3, -0.25) is 0 Å². The van der Waals surface area contributed by atoms with E-state index in [-0.39, 0.29) is 0 Å². The molecule has 0 amide bonds. The fourth-order valence-electron chi connectivity index (χ4n) is 4.61. The highest BCUT2D eigenvalue weighted by atomic mass is 15.2. The second-order valence-corrected chi connectivity index (χ2v) is 7.42. The molecule has 2 unspecified atom stereocenters. The standard InChI is InChI=1S/C17H33N3/c18-16-6-4-5-15(13-16)14-19-11-7-17(8-12-19)20-9-2-1-3-10-20/h15-17H,1-14,18H2. The van der Waals surface area contributed by atoms with Gasteiger partial charge in [0.2, 0.25) is 0 Å². The van der Waals surface area contributed by atoms with E-state index in [9.17, 15) is 0 Å². The Morgan fingerprint density at radius 3 is 2.25 bits per heavy atom. The first-order valence-corrected chi connectivity index (χ1v) is 9.03. The average molecular weight is 279 g/mol. The second kappa shape index (κ2) is 7.24. The van der Waals surface area contributed by atoms with E-state index < -0.39 is 0 Å². The summed E-state index contributed by atoms with van der Waals surface area (Å²) in [6.45, 7) is 6.70. The summed E-state index contributed by atoms with van der Waals surface area (Å²) in [6.07, 6.45) is 12.4. The van der Waals surface area contributed by atoms with E-state index in [4.69, 9.17) is 5.73 Å². The molecule has 0 aromatic heterocycles. The Morgan fingerprint density at radius 2 is 1.55 bits per heavy atom. The summed E-state index contributed by atoms with van der Waals surface area (Å²) < 4.78 is 0. The molecule has 2 N–H and O–H groups in total. The molecule has 0 aromatic carbocycles. The molecule has 3 rings (SSSR count). The summed E-state index contributed by atoms with van der Waals surface area (Å²) in [5, 5.41) is 0. The third-order valence-corrected chi connectivity index (χ3v) is 5.80. The van der Waals surface area contributed by atoms with E-state index in [1.54, 1.807) is 0 Å². The summed E-state index contributed by atoms with van der Waals surface area (Å²) in [6, 6.07) is 1.37. The zero-order chi connectivity index (χ0) is 13.8. The van der Waals surface area contributed by atoms with Crippen molar-refractivity contribution in [3.05, 3.63) is 0 Å². The summed E-state index contributed by atoms with van der Waals surface area (Å²) in [4.78, 5) is 5.50. The van der Waals surface area contributed by atoms with Crippen LogP contribution in [0.25, 0.3) is 0 Å². The monoisotopic (exact) mass is 279 g/mol. The lowest BCUT2D eigenvalue weighted by Gasteiger charge is -2.41. The number of hydrogen-bond donors (Lipinski definition) is 1. The van der Waals surface area contributed by atoms with Gasteiger partial charge in [0, 0.05) is 18.6 Å². The zero-order valence-corrected chi connectivity index (χ0v) is 13.1. The van der Waals surface area contributed by atoms with Crippen molar-refractivity contribution in [2.24, 2.45) is 11.7 Å². The van der Waals surface area contributed by atoms with E-state index in [2.05, 4.69) is 9.80 Å². The van der Waals surface area contributed by atoms with Crippen molar-refractivity contribution in [3.63, 3.8) is 0 Å². The van der Waals surface area contributed by atoms with Gasteiger partial charge in [-0.1, -0.05) is 12.8 Å². The number of nitrogens with two attached hydrogens (primary N) is 1. The molecule has 2 atom stereocenters. The first-order chi connectivity index (χ1) is 9.81. The number of rotatable bonds is 3. The first kappa shape index (κ1) is 14.8. The summed E-state index contributed by atoms with van der Waals surface area (Å²) >= 11 is 0. The van der Waals surface area contributed by atoms with Crippen LogP contribution >= 0.6 is 0 Å². The number of hydrogen-bond acceptors (Lipinski definition) is 3. The molecule has 20 heavy (non-hydrogen) atoms. The molecule has 1 aliphatic carbocycles. The van der Waals surface area contributed by atoms with E-state index in [1.807, 2.05) is 0 Å². The fraction of sp³-hybridized carbons (Fsp3) is 1.00. The number of nitrogens with zero attached hydrogens (tertiary/aromatic N) is 2. The van der Waals surface area contributed by atoms with Crippen LogP contribution < -0.4 is 5.73 Å². The molecule has 0 aromatic rings. The Balaban J connectivity index is 1.39. The lowest BCUT2D eigenvalue weighted by atomic mass is 9.85. The fourth-order valence-corrected chi connectivity index (χ4v) is 4.61. The van der Waals surface area contributed by atoms with Gasteiger partial charge in [0.25, 0.3) is 0 Å². The van der Waals surface area contributed by atoms with Crippen LogP contribution in [-0.4, -0.2) is 54.6 Å². The average Bonchev–Trinajstić information content (AvgIpc) is 2.49. The molecular weight excluding hydrogens is 246 g/mol. The molecule has 2 saturated heterocycles. The van der Waals surface area contributed by atoms with Gasteiger partial charge in [0.05, 0.1) is 0 Å². The van der Waals surface area contributed by atoms with E-state index in [0.29, 0.717) is 6.04 Å². The van der Waals surface area contributed by atoms with Crippen LogP contribution in [0.1, 0.15) is 57.8 Å². The summed E-state index contributed by atoms with van der Waals surface area (Å²) in [5.74, 6) is 0.880. The van der Waals surface area contributed by atoms with Gasteiger partial charge in [-0.2, -0.15) is 0 Å². The normalized spacial score (nSPS) is 35.2. The lowest BCUT2D eigenvalue weighted by Crippen LogP contribution is -2.48. The van der Waals surface area contributed by atoms with Gasteiger partial charge in [-0.05, 0) is 77.0 Å². The van der Waals surface area contributed by atoms with Gasteiger partial charge in [-0.25, -0.2) is 0 Å². The topological polar surface area (TPSA) is 32.5 Å². The second-order valence-electron chi connectivity index (χ2n) is 7.42. The van der Waals surface area contributed by atoms with Crippen LogP contribution in [-0.2, 0) is 0 Å². The molecule has 116 valence electrons. The van der Waals surface area contributed by atoms with Gasteiger partial charge in [-0.15, -0.1) is 0 Å². The van der Waals surface area contributed by atoms with Crippen LogP contribution in [0.5, 0.6) is 0 Å². The quantitative estimate of drug-likeness (QED) is 0.861. The highest BCUT2D eigenvalue weighted by Crippen LogP contribution is 2.26. The SMILES string of the molecule is NC1CCCC(CN2CCC(N3CCCCC3)CC2)C1. The maximum absolute atomic E-state index is 6.12. The Bertz CT molecular complexity index is 280. The molecule has 0 bridgehead atoms. The van der Waals surface area contributed by atoms with Gasteiger partial charge < -0.3 is 15.5 Å². The number of likely N-dealkylation sites (tertiary alicyclic amines) is 2. The van der Waals surface area contributed by atoms with Gasteiger partial charge in [0.1, 0.15) is 0 Å². The maximum Gasteiger partial charge on any atom is 0.0120 e. The molecule has 1 saturated carbocycles. The summed E-state index contributed by atoms with van der Waals surface area (Å²) in [5.41, 5.74) is 6.12. The number of piperidine rings is 2. The van der Waals surface area contributed by atoms with E-state index in [1.165, 1.54) is 90.5 Å². The van der Waals surface area contributed by atoms with E-state index in [0.717, 1.165) is 12.0 Å². The van der Waals surface area contributed by atoms with E-state index >= 15 is 0 Å². The molecule has 3 fully saturated rings. The molecular formula is C17H33N3. The van der Waals surface area contributed by atoms with Crippen LogP contribution in [0.2, 0.25) is 0 Å². The third kappa shape index (κ3) is 3.96. The zero-order valence-electron chi connectivity index (χ0n) is 13.1. The van der Waals surface area contributed by atoms with Gasteiger partial charge in [0.15, 0.2) is 0 Å². The molecule has 3 nitrogen and oxygen atoms in total. The van der Waals surface area contributed by atoms with Crippen LogP contribution in [0.4, 0.5) is 0 Å². The predicted molar refractivity (Wildman–Crippen MR) is 84.8 cm³/mol. The van der Waals surface area contributed by atoms with Gasteiger partial charge >= 0.3 is 0 Å². The van der Waals surface area contributed by atoms with Crippen LogP contribution in [0, 0.1) is 5.92 Å². The Hall–Kier alpha value is -0.120. The predicted octanol–water partition coefficient (Wildman–Crippen LogP) is 2.45. The Kier molecular flexibility index (Phi) is 5.36. The smallest absolute Gasteiger partial charge is 0.0120 e. The highest BCUT2D eigenvalue weighted by Gasteiger charge is 2.27. The Labute approximate surface area is 124 Å². The largest absolute Gasteiger partial charge is 0.328 e. The van der Waals surface area contributed by atoms with Crippen molar-refractivity contribution in [2.75, 3.05) is 32.7 Å². The van der Waals surface area contributed by atoms with Crippen molar-refractivity contribution >= 4 is 0 Å². The minimum atomic E-state index is 0.486. The molecule has 3 heteroatoms. The van der Waals surface area contributed by atoms with Crippen molar-refractivity contribution in [1.82, 2.24) is 9.80 Å². The van der Waals surface area contributed by atoms with Crippen LogP contribution in [0.15, 0.2) is 0 Å². The molecule has 2 heterocycles.